The van der Waals surface area contributed by atoms with Crippen LogP contribution in [0.3, 0.4) is 0 Å². The van der Waals surface area contributed by atoms with Crippen molar-refractivity contribution in [1.82, 2.24) is 4.31 Å². The van der Waals surface area contributed by atoms with Gasteiger partial charge in [-0.3, -0.25) is 4.79 Å². The lowest BCUT2D eigenvalue weighted by molar-refractivity contribution is -0.152. The molecule has 2 fully saturated rings. The van der Waals surface area contributed by atoms with Gasteiger partial charge in [-0.2, -0.15) is 0 Å². The molecule has 110 valence electrons. The van der Waals surface area contributed by atoms with E-state index >= 15 is 0 Å². The minimum atomic E-state index is -3.25. The van der Waals surface area contributed by atoms with Gasteiger partial charge in [0, 0.05) is 13.1 Å². The molecule has 0 spiro atoms. The third kappa shape index (κ3) is 2.94. The van der Waals surface area contributed by atoms with Crippen molar-refractivity contribution in [2.75, 3.05) is 18.8 Å². The van der Waals surface area contributed by atoms with E-state index in [-0.39, 0.29) is 18.2 Å². The molecule has 1 saturated carbocycles. The van der Waals surface area contributed by atoms with Gasteiger partial charge in [-0.15, -0.1) is 0 Å². The molecule has 5 nitrogen and oxygen atoms in total. The smallest absolute Gasteiger partial charge is 0.310 e. The van der Waals surface area contributed by atoms with Crippen molar-refractivity contribution in [1.29, 1.82) is 0 Å². The lowest BCUT2D eigenvalue weighted by atomic mass is 9.70. The summed E-state index contributed by atoms with van der Waals surface area (Å²) < 4.78 is 25.4. The van der Waals surface area contributed by atoms with E-state index in [2.05, 4.69) is 6.92 Å². The molecule has 1 N–H and O–H groups in total. The molecule has 1 heterocycles. The molecular formula is C13H23NO4S. The van der Waals surface area contributed by atoms with Gasteiger partial charge in [-0.05, 0) is 37.5 Å². The molecule has 1 saturated heterocycles. The average molecular weight is 289 g/mol. The standard InChI is InChI=1S/C13H23NO4S/c1-10-3-5-13(6-4-10,12(15)16)9-14-7-11(2)8-19(14,17)18/h10-11H,3-9H2,1-2H3,(H,15,16). The second-order valence-corrected chi connectivity index (χ2v) is 8.46. The summed E-state index contributed by atoms with van der Waals surface area (Å²) in [4.78, 5) is 11.6. The predicted molar refractivity (Wildman–Crippen MR) is 72.2 cm³/mol. The molecule has 1 unspecified atom stereocenters. The molecule has 0 aromatic rings. The highest BCUT2D eigenvalue weighted by molar-refractivity contribution is 7.89. The number of nitrogens with zero attached hydrogens (tertiary/aromatic N) is 1. The van der Waals surface area contributed by atoms with Gasteiger partial charge in [0.05, 0.1) is 11.2 Å². The van der Waals surface area contributed by atoms with Crippen molar-refractivity contribution >= 4 is 16.0 Å². The maximum Gasteiger partial charge on any atom is 0.310 e. The largest absolute Gasteiger partial charge is 0.481 e. The second kappa shape index (κ2) is 5.05. The Bertz CT molecular complexity index is 451. The summed E-state index contributed by atoms with van der Waals surface area (Å²) >= 11 is 0. The zero-order valence-electron chi connectivity index (χ0n) is 11.6. The Hall–Kier alpha value is -0.620. The van der Waals surface area contributed by atoms with Crippen LogP contribution in [0.25, 0.3) is 0 Å². The Morgan fingerprint density at radius 1 is 1.26 bits per heavy atom. The van der Waals surface area contributed by atoms with Crippen LogP contribution in [-0.2, 0) is 14.8 Å². The maximum absolute atomic E-state index is 12.0. The average Bonchev–Trinajstić information content (AvgIpc) is 2.55. The molecule has 0 bridgehead atoms. The van der Waals surface area contributed by atoms with E-state index in [1.165, 1.54) is 4.31 Å². The van der Waals surface area contributed by atoms with E-state index < -0.39 is 21.4 Å². The Morgan fingerprint density at radius 2 is 1.84 bits per heavy atom. The summed E-state index contributed by atoms with van der Waals surface area (Å²) in [5, 5.41) is 9.55. The SMILES string of the molecule is CC1CCC(CN2CC(C)CS2(=O)=O)(C(=O)O)CC1. The van der Waals surface area contributed by atoms with Gasteiger partial charge in [0.25, 0.3) is 0 Å². The van der Waals surface area contributed by atoms with Gasteiger partial charge < -0.3 is 5.11 Å². The van der Waals surface area contributed by atoms with Crippen LogP contribution >= 0.6 is 0 Å². The molecule has 0 radical (unpaired) electrons. The molecule has 1 aliphatic carbocycles. The van der Waals surface area contributed by atoms with E-state index in [0.29, 0.717) is 25.3 Å². The minimum absolute atomic E-state index is 0.0957. The molecule has 1 atom stereocenters. The Labute approximate surface area is 115 Å². The van der Waals surface area contributed by atoms with Crippen LogP contribution < -0.4 is 0 Å². The van der Waals surface area contributed by atoms with Crippen molar-refractivity contribution in [2.24, 2.45) is 17.3 Å². The van der Waals surface area contributed by atoms with Crippen LogP contribution in [0.5, 0.6) is 0 Å². The molecule has 6 heteroatoms. The number of hydrogen-bond acceptors (Lipinski definition) is 3. The van der Waals surface area contributed by atoms with Crippen LogP contribution in [0.15, 0.2) is 0 Å². The van der Waals surface area contributed by atoms with Crippen LogP contribution in [0.1, 0.15) is 39.5 Å². The fraction of sp³-hybridized carbons (Fsp3) is 0.923. The fourth-order valence-electron chi connectivity index (χ4n) is 3.23. The minimum Gasteiger partial charge on any atom is -0.481 e. The molecule has 2 aliphatic rings. The molecule has 0 aromatic heterocycles. The van der Waals surface area contributed by atoms with E-state index in [9.17, 15) is 18.3 Å². The van der Waals surface area contributed by atoms with Crippen LogP contribution in [0.2, 0.25) is 0 Å². The monoisotopic (exact) mass is 289 g/mol. The second-order valence-electron chi connectivity index (χ2n) is 6.44. The third-order valence-electron chi connectivity index (χ3n) is 4.57. The number of hydrogen-bond donors (Lipinski definition) is 1. The zero-order chi connectivity index (χ0) is 14.3. The Morgan fingerprint density at radius 3 is 2.26 bits per heavy atom. The summed E-state index contributed by atoms with van der Waals surface area (Å²) in [5.41, 5.74) is -0.871. The van der Waals surface area contributed by atoms with Gasteiger partial charge in [-0.25, -0.2) is 12.7 Å². The summed E-state index contributed by atoms with van der Waals surface area (Å²) in [6.45, 7) is 4.64. The molecule has 0 aromatic carbocycles. The van der Waals surface area contributed by atoms with Crippen LogP contribution in [0, 0.1) is 17.3 Å². The first-order valence-electron chi connectivity index (χ1n) is 6.96. The first-order valence-corrected chi connectivity index (χ1v) is 8.57. The van der Waals surface area contributed by atoms with Gasteiger partial charge in [0.15, 0.2) is 0 Å². The first kappa shape index (κ1) is 14.8. The summed E-state index contributed by atoms with van der Waals surface area (Å²) in [7, 11) is -3.25. The van der Waals surface area contributed by atoms with Crippen LogP contribution in [-0.4, -0.2) is 42.6 Å². The van der Waals surface area contributed by atoms with Crippen molar-refractivity contribution in [3.05, 3.63) is 0 Å². The van der Waals surface area contributed by atoms with Crippen molar-refractivity contribution in [3.63, 3.8) is 0 Å². The summed E-state index contributed by atoms with van der Waals surface area (Å²) in [5.74, 6) is -0.0480. The number of carboxylic acid groups (broad SMARTS) is 1. The van der Waals surface area contributed by atoms with Gasteiger partial charge >= 0.3 is 5.97 Å². The van der Waals surface area contributed by atoms with Crippen molar-refractivity contribution < 1.29 is 18.3 Å². The lowest BCUT2D eigenvalue weighted by Gasteiger charge is -2.37. The molecule has 2 rings (SSSR count). The Kier molecular flexibility index (Phi) is 3.93. The fourth-order valence-corrected chi connectivity index (χ4v) is 5.19. The van der Waals surface area contributed by atoms with Crippen molar-refractivity contribution in [3.8, 4) is 0 Å². The quantitative estimate of drug-likeness (QED) is 0.855. The number of carboxylic acids is 1. The summed E-state index contributed by atoms with van der Waals surface area (Å²) in [6.07, 6.45) is 2.92. The molecular weight excluding hydrogens is 266 g/mol. The highest BCUT2D eigenvalue weighted by atomic mass is 32.2. The van der Waals surface area contributed by atoms with Crippen LogP contribution in [0.4, 0.5) is 0 Å². The lowest BCUT2D eigenvalue weighted by Crippen LogP contribution is -2.46. The van der Waals surface area contributed by atoms with E-state index in [1.54, 1.807) is 0 Å². The normalized spacial score (nSPS) is 39.3. The third-order valence-corrected chi connectivity index (χ3v) is 6.62. The number of rotatable bonds is 3. The highest BCUT2D eigenvalue weighted by Crippen LogP contribution is 2.41. The van der Waals surface area contributed by atoms with Gasteiger partial charge in [0.1, 0.15) is 0 Å². The van der Waals surface area contributed by atoms with E-state index in [4.69, 9.17) is 0 Å². The van der Waals surface area contributed by atoms with E-state index in [0.717, 1.165) is 12.8 Å². The van der Waals surface area contributed by atoms with Gasteiger partial charge in [-0.1, -0.05) is 13.8 Å². The number of carbonyl (C=O) groups is 1. The Balaban J connectivity index is 2.16. The molecule has 19 heavy (non-hydrogen) atoms. The van der Waals surface area contributed by atoms with Crippen molar-refractivity contribution in [2.45, 2.75) is 39.5 Å². The predicted octanol–water partition coefficient (Wildman–Crippen LogP) is 1.55. The molecule has 0 amide bonds. The first-order chi connectivity index (χ1) is 8.75. The maximum atomic E-state index is 12.0. The number of aliphatic carboxylic acids is 1. The number of sulfonamides is 1. The van der Waals surface area contributed by atoms with Gasteiger partial charge in [0.2, 0.25) is 10.0 Å². The zero-order valence-corrected chi connectivity index (χ0v) is 12.4. The highest BCUT2D eigenvalue weighted by Gasteiger charge is 2.46. The topological polar surface area (TPSA) is 74.7 Å². The summed E-state index contributed by atoms with van der Waals surface area (Å²) in [6, 6.07) is 0. The molecule has 1 aliphatic heterocycles. The van der Waals surface area contributed by atoms with E-state index in [1.807, 2.05) is 6.92 Å².